The quantitative estimate of drug-likeness (QED) is 0.193. The van der Waals surface area contributed by atoms with Crippen molar-refractivity contribution in [3.8, 4) is 11.3 Å². The van der Waals surface area contributed by atoms with E-state index in [2.05, 4.69) is 33.3 Å². The molecule has 1 amide bonds. The smallest absolute Gasteiger partial charge is 0.294 e. The normalized spacial score (nSPS) is 18.7. The van der Waals surface area contributed by atoms with Crippen LogP contribution in [0.3, 0.4) is 0 Å². The Balaban J connectivity index is 1.45. The highest BCUT2D eigenvalue weighted by molar-refractivity contribution is 6.03. The molecule has 0 saturated carbocycles. The third kappa shape index (κ3) is 6.34. The Morgan fingerprint density at radius 1 is 1.25 bits per heavy atom. The van der Waals surface area contributed by atoms with E-state index in [1.165, 1.54) is 25.0 Å². The Morgan fingerprint density at radius 3 is 2.75 bits per heavy atom. The van der Waals surface area contributed by atoms with E-state index in [-0.39, 0.29) is 18.0 Å². The van der Waals surface area contributed by atoms with Crippen molar-refractivity contribution >= 4 is 17.5 Å². The zero-order valence-corrected chi connectivity index (χ0v) is 24.9. The third-order valence-electron chi connectivity index (χ3n) is 8.41. The second-order valence-electron chi connectivity index (χ2n) is 11.2. The Labute approximate surface area is 254 Å². The average molecular weight is 612 g/mol. The number of carbonyl (C=O) groups is 1. The van der Waals surface area contributed by atoms with Crippen LogP contribution in [0.25, 0.3) is 11.3 Å². The van der Waals surface area contributed by atoms with Gasteiger partial charge in [-0.1, -0.05) is 18.2 Å². The molecule has 1 aromatic carbocycles. The standard InChI is InChI=1S/C32H37F4N7O/c1-4-32(35,36)23-16-21(11-12-24(23)33)26-18-42(14-7-10-20-8-5-6-9-20)29(41-26)22-13-15-43(17-25(22)34)30-27(31(44)38-3)28(37-2)39-19-40-30/h4,8,11-12,16,18-19,22,25H,1,5-7,9-10,13-15,17H2,2-3H3,(H,38,44)(H,37,39,40). The van der Waals surface area contributed by atoms with Gasteiger partial charge in [0, 0.05) is 38.9 Å². The lowest BCUT2D eigenvalue weighted by molar-refractivity contribution is 0.0485. The predicted molar refractivity (Wildman–Crippen MR) is 162 cm³/mol. The van der Waals surface area contributed by atoms with Gasteiger partial charge in [-0.05, 0) is 62.8 Å². The van der Waals surface area contributed by atoms with Gasteiger partial charge in [0.15, 0.2) is 0 Å². The molecule has 0 spiro atoms. The number of benzene rings is 1. The van der Waals surface area contributed by atoms with Crippen LogP contribution >= 0.6 is 0 Å². The number of nitrogens with one attached hydrogen (secondary N) is 2. The number of hydrogen-bond donors (Lipinski definition) is 2. The highest BCUT2D eigenvalue weighted by Crippen LogP contribution is 2.37. The zero-order valence-electron chi connectivity index (χ0n) is 24.9. The van der Waals surface area contributed by atoms with E-state index in [4.69, 9.17) is 4.98 Å². The summed E-state index contributed by atoms with van der Waals surface area (Å²) in [5.74, 6) is -4.39. The van der Waals surface area contributed by atoms with Gasteiger partial charge in [-0.25, -0.2) is 23.7 Å². The molecule has 2 atom stereocenters. The molecule has 0 bridgehead atoms. The first-order valence-corrected chi connectivity index (χ1v) is 14.9. The minimum Gasteiger partial charge on any atom is -0.372 e. The summed E-state index contributed by atoms with van der Waals surface area (Å²) in [6, 6.07) is 3.48. The summed E-state index contributed by atoms with van der Waals surface area (Å²) in [6.07, 6.45) is 9.82. The maximum absolute atomic E-state index is 16.1. The van der Waals surface area contributed by atoms with Crippen molar-refractivity contribution in [1.29, 1.82) is 0 Å². The molecule has 2 aliphatic rings. The van der Waals surface area contributed by atoms with Crippen LogP contribution in [0.4, 0.5) is 29.2 Å². The van der Waals surface area contributed by atoms with Crippen LogP contribution in [-0.2, 0) is 12.5 Å². The zero-order chi connectivity index (χ0) is 31.4. The maximum atomic E-state index is 16.1. The average Bonchev–Trinajstić information content (AvgIpc) is 3.71. The Bertz CT molecular complexity index is 1550. The lowest BCUT2D eigenvalue weighted by atomic mass is 9.93. The van der Waals surface area contributed by atoms with Gasteiger partial charge in [-0.2, -0.15) is 8.78 Å². The van der Waals surface area contributed by atoms with Gasteiger partial charge >= 0.3 is 0 Å². The molecule has 2 N–H and O–H groups in total. The number of piperidine rings is 1. The number of carbonyl (C=O) groups excluding carboxylic acids is 1. The number of anilines is 2. The highest BCUT2D eigenvalue weighted by Gasteiger charge is 2.36. The number of rotatable bonds is 11. The van der Waals surface area contributed by atoms with Gasteiger partial charge in [0.25, 0.3) is 11.8 Å². The lowest BCUT2D eigenvalue weighted by Crippen LogP contribution is -2.43. The number of amides is 1. The molecule has 2 aromatic heterocycles. The van der Waals surface area contributed by atoms with Crippen molar-refractivity contribution in [3.05, 3.63) is 77.8 Å². The van der Waals surface area contributed by atoms with Crippen LogP contribution in [0.2, 0.25) is 0 Å². The summed E-state index contributed by atoms with van der Waals surface area (Å²) in [7, 11) is 3.15. The summed E-state index contributed by atoms with van der Waals surface area (Å²) in [4.78, 5) is 27.6. The van der Waals surface area contributed by atoms with Crippen LogP contribution in [0.15, 0.2) is 55.0 Å². The highest BCUT2D eigenvalue weighted by atomic mass is 19.3. The first kappa shape index (κ1) is 31.2. The molecule has 3 aromatic rings. The van der Waals surface area contributed by atoms with Crippen LogP contribution in [0.1, 0.15) is 66.2 Å². The van der Waals surface area contributed by atoms with Gasteiger partial charge in [0.2, 0.25) is 0 Å². The van der Waals surface area contributed by atoms with Crippen molar-refractivity contribution < 1.29 is 22.4 Å². The third-order valence-corrected chi connectivity index (χ3v) is 8.41. The molecule has 2 unspecified atom stereocenters. The van der Waals surface area contributed by atoms with Crippen molar-refractivity contribution in [2.75, 3.05) is 37.4 Å². The molecule has 1 aliphatic carbocycles. The molecule has 12 heteroatoms. The Morgan fingerprint density at radius 2 is 2.07 bits per heavy atom. The predicted octanol–water partition coefficient (Wildman–Crippen LogP) is 6.38. The molecule has 1 aliphatic heterocycles. The van der Waals surface area contributed by atoms with Gasteiger partial charge in [0.05, 0.1) is 23.7 Å². The van der Waals surface area contributed by atoms with Crippen molar-refractivity contribution in [2.24, 2.45) is 0 Å². The lowest BCUT2D eigenvalue weighted by Gasteiger charge is -2.36. The Hall–Kier alpha value is -4.22. The number of aryl methyl sites for hydroxylation is 1. The second kappa shape index (κ2) is 13.2. The molecule has 1 fully saturated rings. The minimum atomic E-state index is -3.56. The number of aromatic nitrogens is 4. The minimum absolute atomic E-state index is 0.0316. The maximum Gasteiger partial charge on any atom is 0.294 e. The molecule has 0 radical (unpaired) electrons. The van der Waals surface area contributed by atoms with Gasteiger partial charge in [0.1, 0.15) is 41.3 Å². The molecule has 1 saturated heterocycles. The molecule has 234 valence electrons. The first-order valence-electron chi connectivity index (χ1n) is 14.9. The molecular formula is C32H37F4N7O. The second-order valence-corrected chi connectivity index (χ2v) is 11.2. The van der Waals surface area contributed by atoms with E-state index in [1.54, 1.807) is 18.1 Å². The van der Waals surface area contributed by atoms with E-state index < -0.39 is 29.4 Å². The van der Waals surface area contributed by atoms with E-state index in [1.807, 2.05) is 4.57 Å². The van der Waals surface area contributed by atoms with Crippen LogP contribution < -0.4 is 15.5 Å². The fraction of sp³-hybridized carbons (Fsp3) is 0.438. The van der Waals surface area contributed by atoms with Crippen molar-refractivity contribution in [1.82, 2.24) is 24.8 Å². The van der Waals surface area contributed by atoms with Gasteiger partial charge < -0.3 is 20.1 Å². The van der Waals surface area contributed by atoms with Crippen molar-refractivity contribution in [2.45, 2.75) is 63.1 Å². The van der Waals surface area contributed by atoms with Gasteiger partial charge in [-0.15, -0.1) is 0 Å². The largest absolute Gasteiger partial charge is 0.372 e. The fourth-order valence-corrected chi connectivity index (χ4v) is 6.06. The number of allylic oxidation sites excluding steroid dienone is 3. The summed E-state index contributed by atoms with van der Waals surface area (Å²) in [5.41, 5.74) is 1.54. The topological polar surface area (TPSA) is 88.0 Å². The molecule has 8 nitrogen and oxygen atoms in total. The molecule has 3 heterocycles. The summed E-state index contributed by atoms with van der Waals surface area (Å²) < 4.78 is 61.3. The Kier molecular flexibility index (Phi) is 9.36. The summed E-state index contributed by atoms with van der Waals surface area (Å²) in [5, 5.41) is 5.49. The molecule has 44 heavy (non-hydrogen) atoms. The van der Waals surface area contributed by atoms with E-state index in [0.29, 0.717) is 54.3 Å². The number of imidazole rings is 1. The monoisotopic (exact) mass is 611 g/mol. The van der Waals surface area contributed by atoms with Gasteiger partial charge in [-0.3, -0.25) is 4.79 Å². The SMILES string of the molecule is C=CC(F)(F)c1cc(-c2cn(CCCC3=CCCC3)c(C3CCN(c4ncnc(NC)c4C(=O)NC)CC3F)n2)ccc1F. The number of nitrogens with zero attached hydrogens (tertiary/aromatic N) is 5. The first-order chi connectivity index (χ1) is 21.2. The molecular weight excluding hydrogens is 574 g/mol. The van der Waals surface area contributed by atoms with Crippen LogP contribution in [0, 0.1) is 5.82 Å². The molecule has 5 rings (SSSR count). The van der Waals surface area contributed by atoms with E-state index >= 15 is 4.39 Å². The number of halogens is 4. The number of alkyl halides is 3. The van der Waals surface area contributed by atoms with E-state index in [0.717, 1.165) is 44.2 Å². The number of hydrogen-bond acceptors (Lipinski definition) is 6. The van der Waals surface area contributed by atoms with Crippen molar-refractivity contribution in [3.63, 3.8) is 0 Å². The summed E-state index contributed by atoms with van der Waals surface area (Å²) in [6.45, 7) is 4.08. The fourth-order valence-electron chi connectivity index (χ4n) is 6.06. The van der Waals surface area contributed by atoms with Crippen LogP contribution in [-0.4, -0.2) is 58.8 Å². The van der Waals surface area contributed by atoms with E-state index in [9.17, 15) is 18.0 Å². The summed E-state index contributed by atoms with van der Waals surface area (Å²) >= 11 is 0. The van der Waals surface area contributed by atoms with Crippen LogP contribution in [0.5, 0.6) is 0 Å².